The summed E-state index contributed by atoms with van der Waals surface area (Å²) in [5, 5.41) is 5.48. The van der Waals surface area contributed by atoms with Crippen LogP contribution in [-0.2, 0) is 11.5 Å². The SMILES string of the molecule is C[Si](C)(C)CCOCn1nc(-c2nc(Cl)ncc2Cl)c2cc(F)ccc21. The fourth-order valence-electron chi connectivity index (χ4n) is 2.47. The van der Waals surface area contributed by atoms with Crippen molar-refractivity contribution in [2.24, 2.45) is 0 Å². The molecule has 0 aliphatic rings. The van der Waals surface area contributed by atoms with Crippen molar-refractivity contribution in [1.29, 1.82) is 0 Å². The van der Waals surface area contributed by atoms with E-state index in [9.17, 15) is 4.39 Å². The van der Waals surface area contributed by atoms with Gasteiger partial charge in [-0.05, 0) is 35.8 Å². The molecule has 2 aromatic heterocycles. The second kappa shape index (κ2) is 7.60. The molecule has 0 N–H and O–H groups in total. The maximum atomic E-state index is 13.8. The minimum absolute atomic E-state index is 0.0508. The molecule has 26 heavy (non-hydrogen) atoms. The van der Waals surface area contributed by atoms with Gasteiger partial charge in [-0.1, -0.05) is 31.2 Å². The van der Waals surface area contributed by atoms with Crippen molar-refractivity contribution in [1.82, 2.24) is 19.7 Å². The highest BCUT2D eigenvalue weighted by Gasteiger charge is 2.18. The van der Waals surface area contributed by atoms with Crippen molar-refractivity contribution in [3.8, 4) is 11.4 Å². The zero-order chi connectivity index (χ0) is 18.9. The Labute approximate surface area is 162 Å². The van der Waals surface area contributed by atoms with E-state index in [2.05, 4.69) is 34.7 Å². The van der Waals surface area contributed by atoms with Gasteiger partial charge in [0.05, 0.1) is 16.7 Å². The van der Waals surface area contributed by atoms with E-state index in [0.717, 1.165) is 11.6 Å². The lowest BCUT2D eigenvalue weighted by Gasteiger charge is -2.15. The lowest BCUT2D eigenvalue weighted by Crippen LogP contribution is -2.22. The van der Waals surface area contributed by atoms with E-state index in [1.165, 1.54) is 18.3 Å². The summed E-state index contributed by atoms with van der Waals surface area (Å²) < 4.78 is 21.3. The molecule has 0 fully saturated rings. The Morgan fingerprint density at radius 3 is 2.69 bits per heavy atom. The molecule has 0 aliphatic heterocycles. The van der Waals surface area contributed by atoms with Crippen LogP contribution in [0.5, 0.6) is 0 Å². The van der Waals surface area contributed by atoms with Crippen LogP contribution in [0.2, 0.25) is 36.0 Å². The minimum Gasteiger partial charge on any atom is -0.360 e. The first-order valence-corrected chi connectivity index (χ1v) is 12.6. The highest BCUT2D eigenvalue weighted by atomic mass is 35.5. The van der Waals surface area contributed by atoms with Crippen LogP contribution in [0, 0.1) is 5.82 Å². The largest absolute Gasteiger partial charge is 0.360 e. The molecular formula is C17H19Cl2FN4OSi. The Morgan fingerprint density at radius 1 is 1.19 bits per heavy atom. The van der Waals surface area contributed by atoms with Gasteiger partial charge in [0.25, 0.3) is 0 Å². The summed E-state index contributed by atoms with van der Waals surface area (Å²) in [4.78, 5) is 8.00. The van der Waals surface area contributed by atoms with Crippen LogP contribution in [0.1, 0.15) is 0 Å². The molecule has 5 nitrogen and oxygen atoms in total. The van der Waals surface area contributed by atoms with Gasteiger partial charge in [-0.3, -0.25) is 0 Å². The van der Waals surface area contributed by atoms with Crippen LogP contribution < -0.4 is 0 Å². The molecule has 1 aromatic carbocycles. The van der Waals surface area contributed by atoms with Gasteiger partial charge < -0.3 is 4.74 Å². The number of fused-ring (bicyclic) bond motifs is 1. The van der Waals surface area contributed by atoms with Crippen LogP contribution >= 0.6 is 23.2 Å². The summed E-state index contributed by atoms with van der Waals surface area (Å²) >= 11 is 12.1. The third-order valence-electron chi connectivity index (χ3n) is 3.86. The molecule has 0 amide bonds. The molecular weight excluding hydrogens is 394 g/mol. The highest BCUT2D eigenvalue weighted by molar-refractivity contribution is 6.76. The van der Waals surface area contributed by atoms with Crippen LogP contribution in [-0.4, -0.2) is 34.4 Å². The first-order chi connectivity index (χ1) is 12.2. The second-order valence-electron chi connectivity index (χ2n) is 7.19. The zero-order valence-corrected chi connectivity index (χ0v) is 17.3. The summed E-state index contributed by atoms with van der Waals surface area (Å²) in [6, 6.07) is 5.52. The van der Waals surface area contributed by atoms with Gasteiger partial charge in [-0.15, -0.1) is 0 Å². The minimum atomic E-state index is -1.17. The van der Waals surface area contributed by atoms with Gasteiger partial charge in [0.15, 0.2) is 0 Å². The summed E-state index contributed by atoms with van der Waals surface area (Å²) in [6.45, 7) is 7.81. The number of hydrogen-bond acceptors (Lipinski definition) is 4. The Hall–Kier alpha value is -1.54. The number of aromatic nitrogens is 4. The maximum absolute atomic E-state index is 13.8. The van der Waals surface area contributed by atoms with Gasteiger partial charge in [0, 0.05) is 20.1 Å². The van der Waals surface area contributed by atoms with Crippen molar-refractivity contribution in [3.05, 3.63) is 40.5 Å². The molecule has 0 atom stereocenters. The van der Waals surface area contributed by atoms with E-state index >= 15 is 0 Å². The van der Waals surface area contributed by atoms with E-state index in [1.54, 1.807) is 10.7 Å². The highest BCUT2D eigenvalue weighted by Crippen LogP contribution is 2.32. The predicted octanol–water partition coefficient (Wildman–Crippen LogP) is 5.25. The third kappa shape index (κ3) is 4.40. The van der Waals surface area contributed by atoms with Crippen molar-refractivity contribution in [2.75, 3.05) is 6.61 Å². The summed E-state index contributed by atoms with van der Waals surface area (Å²) in [6.07, 6.45) is 1.40. The second-order valence-corrected chi connectivity index (χ2v) is 13.6. The number of benzene rings is 1. The van der Waals surface area contributed by atoms with Crippen molar-refractivity contribution in [3.63, 3.8) is 0 Å². The number of halogens is 3. The van der Waals surface area contributed by atoms with Crippen LogP contribution in [0.15, 0.2) is 24.4 Å². The predicted molar refractivity (Wildman–Crippen MR) is 105 cm³/mol. The zero-order valence-electron chi connectivity index (χ0n) is 14.8. The third-order valence-corrected chi connectivity index (χ3v) is 6.02. The Balaban J connectivity index is 1.97. The van der Waals surface area contributed by atoms with E-state index in [4.69, 9.17) is 27.9 Å². The van der Waals surface area contributed by atoms with Crippen molar-refractivity contribution in [2.45, 2.75) is 32.4 Å². The maximum Gasteiger partial charge on any atom is 0.223 e. The molecule has 138 valence electrons. The Kier molecular flexibility index (Phi) is 5.62. The molecule has 0 radical (unpaired) electrons. The van der Waals surface area contributed by atoms with E-state index in [-0.39, 0.29) is 17.8 Å². The fraction of sp³-hybridized carbons (Fsp3) is 0.353. The normalized spacial score (nSPS) is 12.1. The summed E-state index contributed by atoms with van der Waals surface area (Å²) in [7, 11) is -1.17. The number of hydrogen-bond donors (Lipinski definition) is 0. The fourth-order valence-corrected chi connectivity index (χ4v) is 3.54. The molecule has 0 unspecified atom stereocenters. The van der Waals surface area contributed by atoms with Crippen molar-refractivity contribution >= 4 is 42.2 Å². The topological polar surface area (TPSA) is 52.8 Å². The molecule has 2 heterocycles. The molecule has 3 aromatic rings. The molecule has 0 bridgehead atoms. The Bertz CT molecular complexity index is 942. The van der Waals surface area contributed by atoms with Crippen molar-refractivity contribution < 1.29 is 9.13 Å². The van der Waals surface area contributed by atoms with Gasteiger partial charge in [-0.2, -0.15) is 5.10 Å². The van der Waals surface area contributed by atoms with Crippen LogP contribution in [0.3, 0.4) is 0 Å². The Morgan fingerprint density at radius 2 is 1.96 bits per heavy atom. The molecule has 3 rings (SSSR count). The van der Waals surface area contributed by atoms with E-state index in [1.807, 2.05) is 0 Å². The van der Waals surface area contributed by atoms with E-state index < -0.39 is 8.07 Å². The molecule has 0 spiro atoms. The van der Waals surface area contributed by atoms with Gasteiger partial charge in [0.2, 0.25) is 5.28 Å². The van der Waals surface area contributed by atoms with Crippen LogP contribution in [0.4, 0.5) is 4.39 Å². The number of rotatable bonds is 6. The molecule has 9 heteroatoms. The quantitative estimate of drug-likeness (QED) is 0.315. The standard InChI is InChI=1S/C17H19Cl2FN4OSi/c1-26(2,3)7-6-25-10-24-14-5-4-11(20)8-12(14)15(23-24)16-13(18)9-21-17(19)22-16/h4-5,8-9H,6-7,10H2,1-3H3. The average Bonchev–Trinajstić information content (AvgIpc) is 2.90. The van der Waals surface area contributed by atoms with Gasteiger partial charge in [0.1, 0.15) is 23.9 Å². The number of nitrogens with zero attached hydrogens (tertiary/aromatic N) is 4. The smallest absolute Gasteiger partial charge is 0.223 e. The summed E-state index contributed by atoms with van der Waals surface area (Å²) in [5.41, 5.74) is 1.55. The lowest BCUT2D eigenvalue weighted by atomic mass is 10.1. The molecule has 0 saturated carbocycles. The lowest BCUT2D eigenvalue weighted by molar-refractivity contribution is 0.0818. The van der Waals surface area contributed by atoms with E-state index in [0.29, 0.717) is 28.4 Å². The first kappa shape index (κ1) is 19.2. The average molecular weight is 413 g/mol. The first-order valence-electron chi connectivity index (χ1n) is 8.17. The molecule has 0 aliphatic carbocycles. The molecule has 0 saturated heterocycles. The van der Waals surface area contributed by atoms with Gasteiger partial charge >= 0.3 is 0 Å². The number of ether oxygens (including phenoxy) is 1. The van der Waals surface area contributed by atoms with Gasteiger partial charge in [-0.25, -0.2) is 19.0 Å². The monoisotopic (exact) mass is 412 g/mol. The van der Waals surface area contributed by atoms with Crippen LogP contribution in [0.25, 0.3) is 22.3 Å². The summed E-state index contributed by atoms with van der Waals surface area (Å²) in [5.74, 6) is -0.366.